The van der Waals surface area contributed by atoms with Crippen molar-refractivity contribution in [1.29, 1.82) is 5.26 Å². The van der Waals surface area contributed by atoms with E-state index < -0.39 is 12.3 Å². The number of nitriles is 1. The minimum atomic E-state index is -4.80. The van der Waals surface area contributed by atoms with Crippen LogP contribution in [0.3, 0.4) is 0 Å². The van der Waals surface area contributed by atoms with Crippen molar-refractivity contribution in [2.24, 2.45) is 5.92 Å². The highest BCUT2D eigenvalue weighted by molar-refractivity contribution is 5.92. The lowest BCUT2D eigenvalue weighted by atomic mass is 10.2. The number of hydrogen-bond acceptors (Lipinski definition) is 3. The molecule has 0 bridgehead atoms. The molecule has 0 saturated heterocycles. The SMILES string of the molecule is CC(C#N)CNC(=O)C=Cc1ccccc1OC(F)(F)F. The molecule has 0 radical (unpaired) electrons. The van der Waals surface area contributed by atoms with Crippen LogP contribution in [0.5, 0.6) is 5.75 Å². The van der Waals surface area contributed by atoms with E-state index in [1.807, 2.05) is 6.07 Å². The van der Waals surface area contributed by atoms with E-state index in [0.717, 1.165) is 12.1 Å². The number of ether oxygens (including phenoxy) is 1. The van der Waals surface area contributed by atoms with Crippen LogP contribution in [0.25, 0.3) is 6.08 Å². The fourth-order valence-electron chi connectivity index (χ4n) is 1.36. The molecule has 4 nitrogen and oxygen atoms in total. The summed E-state index contributed by atoms with van der Waals surface area (Å²) in [4.78, 5) is 11.5. The smallest absolute Gasteiger partial charge is 0.405 e. The average molecular weight is 298 g/mol. The minimum absolute atomic E-state index is 0.123. The van der Waals surface area contributed by atoms with Gasteiger partial charge >= 0.3 is 6.36 Å². The number of carbonyl (C=O) groups excluding carboxylic acids is 1. The summed E-state index contributed by atoms with van der Waals surface area (Å²) in [6.07, 6.45) is -2.50. The first-order valence-electron chi connectivity index (χ1n) is 6.02. The van der Waals surface area contributed by atoms with E-state index in [0.29, 0.717) is 0 Å². The van der Waals surface area contributed by atoms with E-state index in [4.69, 9.17) is 5.26 Å². The summed E-state index contributed by atoms with van der Waals surface area (Å²) in [5, 5.41) is 11.0. The average Bonchev–Trinajstić information content (AvgIpc) is 2.42. The molecule has 1 aromatic carbocycles. The van der Waals surface area contributed by atoms with Gasteiger partial charge in [0.25, 0.3) is 0 Å². The van der Waals surface area contributed by atoms with Crippen molar-refractivity contribution in [1.82, 2.24) is 5.32 Å². The molecule has 112 valence electrons. The number of alkyl halides is 3. The summed E-state index contributed by atoms with van der Waals surface area (Å²) in [5.74, 6) is -1.23. The molecule has 1 N–H and O–H groups in total. The first-order valence-corrected chi connectivity index (χ1v) is 6.02. The predicted molar refractivity (Wildman–Crippen MR) is 69.9 cm³/mol. The number of nitrogens with one attached hydrogen (secondary N) is 1. The first-order chi connectivity index (χ1) is 9.81. The number of halogens is 3. The largest absolute Gasteiger partial charge is 0.573 e. The predicted octanol–water partition coefficient (Wildman–Crippen LogP) is 2.87. The molecule has 0 saturated carbocycles. The van der Waals surface area contributed by atoms with Gasteiger partial charge in [-0.15, -0.1) is 13.2 Å². The number of amides is 1. The van der Waals surface area contributed by atoms with Crippen LogP contribution < -0.4 is 10.1 Å². The summed E-state index contributed by atoms with van der Waals surface area (Å²) in [7, 11) is 0. The quantitative estimate of drug-likeness (QED) is 0.850. The zero-order valence-corrected chi connectivity index (χ0v) is 11.1. The lowest BCUT2D eigenvalue weighted by molar-refractivity contribution is -0.274. The minimum Gasteiger partial charge on any atom is -0.405 e. The van der Waals surface area contributed by atoms with Crippen LogP contribution in [0.15, 0.2) is 30.3 Å². The van der Waals surface area contributed by atoms with Crippen LogP contribution in [0.1, 0.15) is 12.5 Å². The molecular formula is C14H13F3N2O2. The van der Waals surface area contributed by atoms with Gasteiger partial charge in [0.05, 0.1) is 12.0 Å². The lowest BCUT2D eigenvalue weighted by Gasteiger charge is -2.11. The standard InChI is InChI=1S/C14H13F3N2O2/c1-10(8-18)9-19-13(20)7-6-11-4-2-3-5-12(11)21-14(15,16)17/h2-7,10H,9H2,1H3,(H,19,20). The Kier molecular flexibility index (Phi) is 5.79. The Morgan fingerprint density at radius 3 is 2.76 bits per heavy atom. The molecule has 0 aliphatic rings. The van der Waals surface area contributed by atoms with Crippen LogP contribution in [-0.2, 0) is 4.79 Å². The maximum absolute atomic E-state index is 12.2. The van der Waals surface area contributed by atoms with Crippen molar-refractivity contribution in [2.75, 3.05) is 6.54 Å². The van der Waals surface area contributed by atoms with Gasteiger partial charge in [0.15, 0.2) is 0 Å². The van der Waals surface area contributed by atoms with Crippen LogP contribution in [0, 0.1) is 17.2 Å². The molecular weight excluding hydrogens is 285 g/mol. The Bertz CT molecular complexity index is 562. The van der Waals surface area contributed by atoms with Gasteiger partial charge < -0.3 is 10.1 Å². The van der Waals surface area contributed by atoms with E-state index in [1.54, 1.807) is 6.92 Å². The zero-order chi connectivity index (χ0) is 15.9. The summed E-state index contributed by atoms with van der Waals surface area (Å²) in [6.45, 7) is 1.80. The third kappa shape index (κ3) is 6.47. The second-order valence-electron chi connectivity index (χ2n) is 4.19. The number of para-hydroxylation sites is 1. The van der Waals surface area contributed by atoms with E-state index in [1.165, 1.54) is 24.3 Å². The molecule has 1 rings (SSSR count). The van der Waals surface area contributed by atoms with Crippen molar-refractivity contribution >= 4 is 12.0 Å². The number of benzene rings is 1. The molecule has 1 aromatic rings. The fourth-order valence-corrected chi connectivity index (χ4v) is 1.36. The second kappa shape index (κ2) is 7.33. The van der Waals surface area contributed by atoms with Crippen molar-refractivity contribution in [3.8, 4) is 11.8 Å². The van der Waals surface area contributed by atoms with E-state index in [9.17, 15) is 18.0 Å². The fraction of sp³-hybridized carbons (Fsp3) is 0.286. The topological polar surface area (TPSA) is 62.1 Å². The Morgan fingerprint density at radius 2 is 2.14 bits per heavy atom. The van der Waals surface area contributed by atoms with Crippen LogP contribution in [-0.4, -0.2) is 18.8 Å². The number of carbonyl (C=O) groups is 1. The molecule has 21 heavy (non-hydrogen) atoms. The number of hydrogen-bond donors (Lipinski definition) is 1. The van der Waals surface area contributed by atoms with Gasteiger partial charge in [-0.25, -0.2) is 0 Å². The van der Waals surface area contributed by atoms with Gasteiger partial charge in [-0.05, 0) is 19.1 Å². The van der Waals surface area contributed by atoms with Gasteiger partial charge in [-0.2, -0.15) is 5.26 Å². The zero-order valence-electron chi connectivity index (χ0n) is 11.1. The number of rotatable bonds is 5. The summed E-state index contributed by atoms with van der Waals surface area (Å²) >= 11 is 0. The van der Waals surface area contributed by atoms with Gasteiger partial charge in [-0.1, -0.05) is 18.2 Å². The lowest BCUT2D eigenvalue weighted by Crippen LogP contribution is -2.25. The van der Waals surface area contributed by atoms with Crippen LogP contribution >= 0.6 is 0 Å². The van der Waals surface area contributed by atoms with Gasteiger partial charge in [0.2, 0.25) is 5.91 Å². The van der Waals surface area contributed by atoms with Crippen molar-refractivity contribution < 1.29 is 22.7 Å². The molecule has 1 amide bonds. The third-order valence-electron chi connectivity index (χ3n) is 2.36. The molecule has 0 aliphatic heterocycles. The highest BCUT2D eigenvalue weighted by atomic mass is 19.4. The molecule has 7 heteroatoms. The molecule has 0 aromatic heterocycles. The monoisotopic (exact) mass is 298 g/mol. The van der Waals surface area contributed by atoms with E-state index >= 15 is 0 Å². The Hall–Kier alpha value is -2.49. The Labute approximate surface area is 119 Å². The van der Waals surface area contributed by atoms with Gasteiger partial charge in [0.1, 0.15) is 5.75 Å². The van der Waals surface area contributed by atoms with E-state index in [-0.39, 0.29) is 23.8 Å². The maximum atomic E-state index is 12.2. The highest BCUT2D eigenvalue weighted by Gasteiger charge is 2.31. The molecule has 0 heterocycles. The molecule has 1 unspecified atom stereocenters. The second-order valence-corrected chi connectivity index (χ2v) is 4.19. The van der Waals surface area contributed by atoms with Crippen molar-refractivity contribution in [3.63, 3.8) is 0 Å². The third-order valence-corrected chi connectivity index (χ3v) is 2.36. The summed E-state index contributed by atoms with van der Waals surface area (Å²) < 4.78 is 40.5. The van der Waals surface area contributed by atoms with Crippen LogP contribution in [0.4, 0.5) is 13.2 Å². The normalized spacial score (nSPS) is 12.7. The first kappa shape index (κ1) is 16.6. The maximum Gasteiger partial charge on any atom is 0.573 e. The highest BCUT2D eigenvalue weighted by Crippen LogP contribution is 2.26. The van der Waals surface area contributed by atoms with Gasteiger partial charge in [0, 0.05) is 18.2 Å². The van der Waals surface area contributed by atoms with Crippen molar-refractivity contribution in [3.05, 3.63) is 35.9 Å². The molecule has 0 fully saturated rings. The Balaban J connectivity index is 2.72. The van der Waals surface area contributed by atoms with Crippen LogP contribution in [0.2, 0.25) is 0 Å². The number of nitrogens with zero attached hydrogens (tertiary/aromatic N) is 1. The molecule has 0 aliphatic carbocycles. The Morgan fingerprint density at radius 1 is 1.48 bits per heavy atom. The summed E-state index contributed by atoms with van der Waals surface area (Å²) in [6, 6.07) is 7.41. The molecule has 0 spiro atoms. The van der Waals surface area contributed by atoms with Crippen molar-refractivity contribution in [2.45, 2.75) is 13.3 Å². The molecule has 1 atom stereocenters. The van der Waals surface area contributed by atoms with Gasteiger partial charge in [-0.3, -0.25) is 4.79 Å². The van der Waals surface area contributed by atoms with E-state index in [2.05, 4.69) is 10.1 Å². The summed E-state index contributed by atoms with van der Waals surface area (Å²) in [5.41, 5.74) is 0.123.